The van der Waals surface area contributed by atoms with Crippen LogP contribution >= 0.6 is 11.6 Å². The van der Waals surface area contributed by atoms with Crippen LogP contribution in [-0.4, -0.2) is 38.8 Å². The van der Waals surface area contributed by atoms with Crippen molar-refractivity contribution in [2.45, 2.75) is 26.3 Å². The van der Waals surface area contributed by atoms with Crippen LogP contribution in [0.5, 0.6) is 0 Å². The summed E-state index contributed by atoms with van der Waals surface area (Å²) >= 11 is 5.76. The van der Waals surface area contributed by atoms with Gasteiger partial charge in [0, 0.05) is 18.6 Å². The summed E-state index contributed by atoms with van der Waals surface area (Å²) < 4.78 is 1.71. The Kier molecular flexibility index (Phi) is 5.88. The van der Waals surface area contributed by atoms with Crippen molar-refractivity contribution in [1.29, 1.82) is 5.26 Å². The number of hydrogen-bond acceptors (Lipinski definition) is 5. The molecule has 1 amide bonds. The first-order valence-corrected chi connectivity index (χ1v) is 8.09. The lowest BCUT2D eigenvalue weighted by molar-refractivity contribution is 0.0992. The second kappa shape index (κ2) is 7.88. The number of aromatic nitrogens is 4. The molecule has 0 N–H and O–H groups in total. The van der Waals surface area contributed by atoms with Gasteiger partial charge in [-0.15, -0.1) is 11.6 Å². The maximum Gasteiger partial charge on any atom is 0.261 e. The van der Waals surface area contributed by atoms with Crippen molar-refractivity contribution in [1.82, 2.24) is 20.0 Å². The molecule has 24 heavy (non-hydrogen) atoms. The Morgan fingerprint density at radius 1 is 1.46 bits per heavy atom. The topological polar surface area (TPSA) is 87.7 Å². The van der Waals surface area contributed by atoms with Crippen LogP contribution in [0, 0.1) is 24.2 Å². The molecule has 0 aromatic carbocycles. The summed E-state index contributed by atoms with van der Waals surface area (Å²) in [5, 5.41) is 21.1. The summed E-state index contributed by atoms with van der Waals surface area (Å²) in [6.45, 7) is 3.73. The zero-order valence-electron chi connectivity index (χ0n) is 13.8. The highest BCUT2D eigenvalue weighted by Gasteiger charge is 2.25. The van der Waals surface area contributed by atoms with E-state index in [1.54, 1.807) is 17.8 Å². The third-order valence-electron chi connectivity index (χ3n) is 4.09. The van der Waals surface area contributed by atoms with E-state index in [1.165, 1.54) is 23.5 Å². The fourth-order valence-electron chi connectivity index (χ4n) is 2.53. The predicted octanol–water partition coefficient (Wildman–Crippen LogP) is 2.59. The van der Waals surface area contributed by atoms with Gasteiger partial charge in [0.2, 0.25) is 0 Å². The number of alkyl halides is 1. The van der Waals surface area contributed by atoms with Crippen molar-refractivity contribution < 1.29 is 4.79 Å². The lowest BCUT2D eigenvalue weighted by Gasteiger charge is -2.20. The van der Waals surface area contributed by atoms with E-state index in [4.69, 9.17) is 11.6 Å². The molecule has 0 aliphatic heterocycles. The molecule has 2 heterocycles. The van der Waals surface area contributed by atoms with Crippen LogP contribution in [0.3, 0.4) is 0 Å². The number of nitrogens with zero attached hydrogens (tertiary/aromatic N) is 6. The van der Waals surface area contributed by atoms with E-state index in [-0.39, 0.29) is 17.9 Å². The first kappa shape index (κ1) is 17.9. The molecule has 0 fully saturated rings. The predicted molar refractivity (Wildman–Crippen MR) is 90.9 cm³/mol. The Hall–Kier alpha value is -2.46. The van der Waals surface area contributed by atoms with E-state index in [2.05, 4.69) is 21.4 Å². The second-order valence-corrected chi connectivity index (χ2v) is 5.88. The number of nitriles is 1. The normalized spacial score (nSPS) is 13.1. The molecule has 126 valence electrons. The Morgan fingerprint density at radius 2 is 2.21 bits per heavy atom. The second-order valence-electron chi connectivity index (χ2n) is 5.51. The van der Waals surface area contributed by atoms with E-state index >= 15 is 0 Å². The molecule has 7 nitrogen and oxygen atoms in total. The number of halogens is 1. The molecular weight excluding hydrogens is 328 g/mol. The van der Waals surface area contributed by atoms with Gasteiger partial charge in [-0.2, -0.15) is 20.6 Å². The van der Waals surface area contributed by atoms with Gasteiger partial charge in [0.25, 0.3) is 5.91 Å². The van der Waals surface area contributed by atoms with Crippen molar-refractivity contribution in [2.75, 3.05) is 17.8 Å². The van der Waals surface area contributed by atoms with Crippen LogP contribution in [0.15, 0.2) is 24.7 Å². The fourth-order valence-corrected chi connectivity index (χ4v) is 2.76. The van der Waals surface area contributed by atoms with E-state index < -0.39 is 0 Å². The third-order valence-corrected chi connectivity index (χ3v) is 4.31. The van der Waals surface area contributed by atoms with Crippen molar-refractivity contribution in [3.63, 3.8) is 0 Å². The van der Waals surface area contributed by atoms with Crippen molar-refractivity contribution in [2.24, 2.45) is 5.92 Å². The van der Waals surface area contributed by atoms with Crippen LogP contribution < -0.4 is 4.90 Å². The van der Waals surface area contributed by atoms with Crippen LogP contribution in [0.1, 0.15) is 35.4 Å². The molecule has 2 rings (SSSR count). The number of anilines is 1. The molecule has 2 aromatic heterocycles. The fraction of sp³-hybridized carbons (Fsp3) is 0.438. The van der Waals surface area contributed by atoms with Crippen LogP contribution in [0.4, 0.5) is 5.69 Å². The van der Waals surface area contributed by atoms with Gasteiger partial charge in [-0.3, -0.25) is 9.48 Å². The zero-order chi connectivity index (χ0) is 17.7. The van der Waals surface area contributed by atoms with Crippen LogP contribution in [0.25, 0.3) is 0 Å². The highest BCUT2D eigenvalue weighted by atomic mass is 35.5. The summed E-state index contributed by atoms with van der Waals surface area (Å²) in [5.74, 6) is -0.0390. The molecule has 0 spiro atoms. The summed E-state index contributed by atoms with van der Waals surface area (Å²) in [5.41, 5.74) is 1.85. The first-order valence-electron chi connectivity index (χ1n) is 7.55. The van der Waals surface area contributed by atoms with Crippen molar-refractivity contribution in [3.05, 3.63) is 35.9 Å². The molecular formula is C16H19ClN6O. The molecule has 2 aromatic rings. The van der Waals surface area contributed by atoms with E-state index in [1.807, 2.05) is 13.8 Å². The Morgan fingerprint density at radius 3 is 2.79 bits per heavy atom. The zero-order valence-corrected chi connectivity index (χ0v) is 14.6. The average Bonchev–Trinajstić information content (AvgIpc) is 3.00. The van der Waals surface area contributed by atoms with Crippen molar-refractivity contribution >= 4 is 23.2 Å². The summed E-state index contributed by atoms with van der Waals surface area (Å²) in [4.78, 5) is 14.2. The minimum absolute atomic E-state index is 0.164. The number of hydrogen-bond donors (Lipinski definition) is 0. The number of amides is 1. The van der Waals surface area contributed by atoms with E-state index in [0.29, 0.717) is 23.6 Å². The van der Waals surface area contributed by atoms with Gasteiger partial charge < -0.3 is 4.90 Å². The minimum Gasteiger partial charge on any atom is -0.310 e. The highest BCUT2D eigenvalue weighted by molar-refractivity contribution is 6.17. The quantitative estimate of drug-likeness (QED) is 0.750. The highest BCUT2D eigenvalue weighted by Crippen LogP contribution is 2.24. The van der Waals surface area contributed by atoms with E-state index in [0.717, 1.165) is 5.69 Å². The average molecular weight is 347 g/mol. The van der Waals surface area contributed by atoms with Crippen molar-refractivity contribution in [3.8, 4) is 6.07 Å². The third kappa shape index (κ3) is 3.54. The molecule has 0 aliphatic rings. The van der Waals surface area contributed by atoms with Gasteiger partial charge in [0.15, 0.2) is 0 Å². The number of carbonyl (C=O) groups is 1. The first-order chi connectivity index (χ1) is 11.5. The van der Waals surface area contributed by atoms with Gasteiger partial charge in [0.05, 0.1) is 47.9 Å². The SMILES string of the molecule is Cc1c(C(=O)N(C)c2ccnnc2)cnn1C(C)C(C#N)CCCl. The Balaban J connectivity index is 2.26. The summed E-state index contributed by atoms with van der Waals surface area (Å²) in [6.07, 6.45) is 5.16. The minimum atomic E-state index is -0.258. The molecule has 2 unspecified atom stereocenters. The molecule has 0 aliphatic carbocycles. The molecule has 0 saturated heterocycles. The number of rotatable bonds is 6. The van der Waals surface area contributed by atoms with Gasteiger partial charge in [0.1, 0.15) is 0 Å². The molecule has 0 saturated carbocycles. The Labute approximate surface area is 145 Å². The van der Waals surface area contributed by atoms with Gasteiger partial charge >= 0.3 is 0 Å². The monoisotopic (exact) mass is 346 g/mol. The van der Waals surface area contributed by atoms with Gasteiger partial charge in [-0.1, -0.05) is 0 Å². The maximum absolute atomic E-state index is 12.7. The molecule has 2 atom stereocenters. The molecule has 0 radical (unpaired) electrons. The Bertz CT molecular complexity index is 739. The molecule has 8 heteroatoms. The smallest absolute Gasteiger partial charge is 0.261 e. The summed E-state index contributed by atoms with van der Waals surface area (Å²) in [6, 6.07) is 3.80. The van der Waals surface area contributed by atoms with Crippen LogP contribution in [0.2, 0.25) is 0 Å². The standard InChI is InChI=1S/C16H19ClN6O/c1-11(13(8-18)4-6-17)23-12(2)15(10-21-23)16(24)22(3)14-5-7-19-20-9-14/h5,7,9-11,13H,4,6H2,1-3H3. The van der Waals surface area contributed by atoms with Crippen LogP contribution in [-0.2, 0) is 0 Å². The maximum atomic E-state index is 12.7. The van der Waals surface area contributed by atoms with E-state index in [9.17, 15) is 10.1 Å². The number of carbonyl (C=O) groups excluding carboxylic acids is 1. The molecule has 0 bridgehead atoms. The lowest BCUT2D eigenvalue weighted by atomic mass is 10.00. The summed E-state index contributed by atoms with van der Waals surface area (Å²) in [7, 11) is 1.67. The largest absolute Gasteiger partial charge is 0.310 e. The van der Waals surface area contributed by atoms with Gasteiger partial charge in [-0.05, 0) is 26.3 Å². The van der Waals surface area contributed by atoms with Gasteiger partial charge in [-0.25, -0.2) is 0 Å². The lowest BCUT2D eigenvalue weighted by Crippen LogP contribution is -2.27.